The van der Waals surface area contributed by atoms with Gasteiger partial charge in [0.25, 0.3) is 5.95 Å². The molecule has 0 fully saturated rings. The molecule has 9 heteroatoms. The van der Waals surface area contributed by atoms with Crippen molar-refractivity contribution < 1.29 is 9.84 Å². The van der Waals surface area contributed by atoms with Crippen molar-refractivity contribution >= 4 is 50.2 Å². The Labute approximate surface area is 162 Å². The second kappa shape index (κ2) is 6.84. The number of phenolic OH excluding ortho intramolecular Hbond substituents is 1. The average Bonchev–Trinajstić information content (AvgIpc) is 3.01. The molecule has 0 bridgehead atoms. The molecule has 0 atom stereocenters. The van der Waals surface area contributed by atoms with E-state index in [0.717, 1.165) is 20.9 Å². The number of H-pyrrole nitrogens is 1. The highest BCUT2D eigenvalue weighted by Gasteiger charge is 2.10. The number of hydrogen-bond donors (Lipinski definition) is 3. The summed E-state index contributed by atoms with van der Waals surface area (Å²) in [4.78, 5) is 7.61. The maximum Gasteiger partial charge on any atom is 0.265 e. The molecular weight excluding hydrogens is 412 g/mol. The van der Waals surface area contributed by atoms with Gasteiger partial charge in [0.2, 0.25) is 0 Å². The van der Waals surface area contributed by atoms with Crippen LogP contribution in [0.3, 0.4) is 0 Å². The number of methoxy groups -OCH3 is 1. The Morgan fingerprint density at radius 2 is 2.11 bits per heavy atom. The van der Waals surface area contributed by atoms with Crippen LogP contribution in [0.15, 0.2) is 39.9 Å². The number of nitrogens with one attached hydrogen (secondary N) is 2. The third kappa shape index (κ3) is 3.28. The number of rotatable bonds is 4. The van der Waals surface area contributed by atoms with Crippen molar-refractivity contribution in [2.45, 2.75) is 6.92 Å². The fourth-order valence-corrected chi connectivity index (χ4v) is 3.19. The number of benzene rings is 2. The number of fused-ring (bicyclic) bond motifs is 3. The number of phenols is 1. The van der Waals surface area contributed by atoms with Gasteiger partial charge < -0.3 is 14.8 Å². The van der Waals surface area contributed by atoms with E-state index in [1.54, 1.807) is 12.1 Å². The van der Waals surface area contributed by atoms with E-state index in [1.165, 1.54) is 13.3 Å². The van der Waals surface area contributed by atoms with E-state index >= 15 is 0 Å². The summed E-state index contributed by atoms with van der Waals surface area (Å²) in [5.41, 5.74) is 6.61. The molecule has 2 aromatic heterocycles. The monoisotopic (exact) mass is 426 g/mol. The smallest absolute Gasteiger partial charge is 0.265 e. The normalized spacial score (nSPS) is 11.5. The van der Waals surface area contributed by atoms with Gasteiger partial charge in [0.1, 0.15) is 5.52 Å². The number of halogens is 1. The number of hydrogen-bond acceptors (Lipinski definition) is 7. The zero-order valence-electron chi connectivity index (χ0n) is 14.5. The summed E-state index contributed by atoms with van der Waals surface area (Å²) in [6.07, 6.45) is 1.45. The van der Waals surface area contributed by atoms with Gasteiger partial charge in [0.05, 0.1) is 13.3 Å². The van der Waals surface area contributed by atoms with Crippen LogP contribution >= 0.6 is 15.9 Å². The lowest BCUT2D eigenvalue weighted by Crippen LogP contribution is -1.99. The topological polar surface area (TPSA) is 108 Å². The fraction of sp³-hybridized carbons (Fsp3) is 0.111. The summed E-state index contributed by atoms with van der Waals surface area (Å²) in [5, 5.41) is 23.5. The van der Waals surface area contributed by atoms with Crippen LogP contribution in [-0.4, -0.2) is 38.6 Å². The molecule has 3 N–H and O–H groups in total. The van der Waals surface area contributed by atoms with Gasteiger partial charge in [0.15, 0.2) is 17.1 Å². The van der Waals surface area contributed by atoms with Crippen molar-refractivity contribution in [1.82, 2.24) is 20.2 Å². The van der Waals surface area contributed by atoms with Gasteiger partial charge in [-0.15, -0.1) is 10.2 Å². The minimum absolute atomic E-state index is 0.00765. The molecule has 0 radical (unpaired) electrons. The van der Waals surface area contributed by atoms with Crippen LogP contribution in [0.5, 0.6) is 11.5 Å². The molecule has 136 valence electrons. The number of aromatic nitrogens is 4. The molecule has 0 aliphatic rings. The number of aromatic hydroxyl groups is 1. The first-order valence-electron chi connectivity index (χ1n) is 8.03. The second-order valence-electron chi connectivity index (χ2n) is 5.92. The summed E-state index contributed by atoms with van der Waals surface area (Å²) < 4.78 is 5.87. The highest BCUT2D eigenvalue weighted by atomic mass is 79.9. The fourth-order valence-electron chi connectivity index (χ4n) is 2.74. The molecule has 4 aromatic rings. The maximum atomic E-state index is 10.1. The summed E-state index contributed by atoms with van der Waals surface area (Å²) in [7, 11) is 1.48. The van der Waals surface area contributed by atoms with E-state index in [4.69, 9.17) is 4.74 Å². The van der Waals surface area contributed by atoms with Crippen LogP contribution < -0.4 is 10.2 Å². The van der Waals surface area contributed by atoms with E-state index in [2.05, 4.69) is 46.6 Å². The van der Waals surface area contributed by atoms with Crippen LogP contribution in [-0.2, 0) is 0 Å². The zero-order chi connectivity index (χ0) is 19.0. The van der Waals surface area contributed by atoms with Crippen molar-refractivity contribution in [3.63, 3.8) is 0 Å². The molecule has 0 spiro atoms. The lowest BCUT2D eigenvalue weighted by Gasteiger charge is -2.06. The average molecular weight is 427 g/mol. The lowest BCUT2D eigenvalue weighted by atomic mass is 10.2. The molecule has 4 rings (SSSR count). The van der Waals surface area contributed by atoms with Gasteiger partial charge in [0, 0.05) is 20.9 Å². The van der Waals surface area contributed by atoms with Crippen molar-refractivity contribution in [3.8, 4) is 11.5 Å². The van der Waals surface area contributed by atoms with Gasteiger partial charge in [-0.05, 0) is 31.2 Å². The number of anilines is 1. The molecule has 8 nitrogen and oxygen atoms in total. The largest absolute Gasteiger partial charge is 0.504 e. The quantitative estimate of drug-likeness (QED) is 0.338. The maximum absolute atomic E-state index is 10.1. The summed E-state index contributed by atoms with van der Waals surface area (Å²) in [6.45, 7) is 2.02. The minimum atomic E-state index is -0.00765. The van der Waals surface area contributed by atoms with Gasteiger partial charge in [-0.3, -0.25) is 0 Å². The number of aromatic amines is 1. The van der Waals surface area contributed by atoms with Crippen LogP contribution in [0.4, 0.5) is 5.95 Å². The van der Waals surface area contributed by atoms with Gasteiger partial charge in [-0.25, -0.2) is 5.43 Å². The molecule has 0 unspecified atom stereocenters. The standard InChI is InChI=1S/C18H15BrN6O2/c1-9-3-4-13-12(5-9)15-17(21-13)22-18(25-23-15)24-20-8-10-6-11(19)7-14(27-2)16(10)26/h3-8,26H,1-2H3,(H2,21,22,24,25)/b20-8-. The molecular formula is C18H15BrN6O2. The van der Waals surface area contributed by atoms with Crippen molar-refractivity contribution in [2.24, 2.45) is 5.10 Å². The van der Waals surface area contributed by atoms with Gasteiger partial charge in [-0.2, -0.15) is 10.1 Å². The lowest BCUT2D eigenvalue weighted by molar-refractivity contribution is 0.373. The molecule has 2 heterocycles. The predicted molar refractivity (Wildman–Crippen MR) is 108 cm³/mol. The predicted octanol–water partition coefficient (Wildman–Crippen LogP) is 3.74. The third-order valence-electron chi connectivity index (χ3n) is 4.03. The number of hydrazone groups is 1. The summed E-state index contributed by atoms with van der Waals surface area (Å²) in [5.74, 6) is 0.578. The van der Waals surface area contributed by atoms with Gasteiger partial charge in [-0.1, -0.05) is 27.6 Å². The van der Waals surface area contributed by atoms with Crippen molar-refractivity contribution in [2.75, 3.05) is 12.5 Å². The Hall–Kier alpha value is -3.20. The molecule has 2 aromatic carbocycles. The highest BCUT2D eigenvalue weighted by molar-refractivity contribution is 9.10. The second-order valence-corrected chi connectivity index (χ2v) is 6.84. The highest BCUT2D eigenvalue weighted by Crippen LogP contribution is 2.32. The Bertz CT molecular complexity index is 1190. The third-order valence-corrected chi connectivity index (χ3v) is 4.49. The molecule has 0 aliphatic carbocycles. The van der Waals surface area contributed by atoms with Crippen LogP contribution in [0.25, 0.3) is 22.1 Å². The minimum Gasteiger partial charge on any atom is -0.504 e. The first kappa shape index (κ1) is 17.2. The Morgan fingerprint density at radius 3 is 2.93 bits per heavy atom. The Morgan fingerprint density at radius 1 is 1.26 bits per heavy atom. The van der Waals surface area contributed by atoms with E-state index in [-0.39, 0.29) is 11.7 Å². The van der Waals surface area contributed by atoms with E-state index in [9.17, 15) is 5.11 Å². The molecule has 0 saturated heterocycles. The van der Waals surface area contributed by atoms with Crippen molar-refractivity contribution in [3.05, 3.63) is 45.9 Å². The first-order chi connectivity index (χ1) is 13.0. The molecule has 0 amide bonds. The zero-order valence-corrected chi connectivity index (χ0v) is 16.1. The summed E-state index contributed by atoms with van der Waals surface area (Å²) >= 11 is 3.36. The Kier molecular flexibility index (Phi) is 4.36. The SMILES string of the molecule is COc1cc(Br)cc(/C=N\Nc2nnc3c(n2)[nH]c2ccc(C)cc23)c1O. The van der Waals surface area contributed by atoms with Crippen LogP contribution in [0.1, 0.15) is 11.1 Å². The number of nitrogens with zero attached hydrogens (tertiary/aromatic N) is 4. The van der Waals surface area contributed by atoms with E-state index < -0.39 is 0 Å². The van der Waals surface area contributed by atoms with Crippen LogP contribution in [0, 0.1) is 6.92 Å². The Balaban J connectivity index is 1.62. The van der Waals surface area contributed by atoms with E-state index in [1.807, 2.05) is 25.1 Å². The summed E-state index contributed by atoms with van der Waals surface area (Å²) in [6, 6.07) is 9.43. The van der Waals surface area contributed by atoms with Gasteiger partial charge >= 0.3 is 0 Å². The number of aryl methyl sites for hydroxylation is 1. The molecule has 0 aliphatic heterocycles. The van der Waals surface area contributed by atoms with Crippen molar-refractivity contribution in [1.29, 1.82) is 0 Å². The van der Waals surface area contributed by atoms with Crippen LogP contribution in [0.2, 0.25) is 0 Å². The number of ether oxygens (including phenoxy) is 1. The molecule has 27 heavy (non-hydrogen) atoms. The van der Waals surface area contributed by atoms with E-state index in [0.29, 0.717) is 22.5 Å². The molecule has 0 saturated carbocycles. The first-order valence-corrected chi connectivity index (χ1v) is 8.83.